The van der Waals surface area contributed by atoms with Crippen molar-refractivity contribution in [1.29, 1.82) is 0 Å². The molecule has 0 radical (unpaired) electrons. The fourth-order valence-corrected chi connectivity index (χ4v) is 4.06. The maximum atomic E-state index is 4.87. The topological polar surface area (TPSA) is 24.4 Å². The third-order valence-electron chi connectivity index (χ3n) is 4.16. The van der Waals surface area contributed by atoms with Crippen molar-refractivity contribution < 1.29 is 0 Å². The third-order valence-corrected chi connectivity index (χ3v) is 5.24. The van der Waals surface area contributed by atoms with Gasteiger partial charge in [0.1, 0.15) is 0 Å². The maximum absolute atomic E-state index is 4.87. The summed E-state index contributed by atoms with van der Waals surface area (Å²) in [6.07, 6.45) is 4.01. The molecule has 2 unspecified atom stereocenters. The molecule has 0 spiro atoms. The fourth-order valence-electron chi connectivity index (χ4n) is 2.90. The standard InChI is InChI=1S/C16H22N2S/c1-11(2)12-6-8-14(9-7-12)17-16-18-15-5-3-4-13(15)10-19-16/h6-9,11,13,15H,3-5,10H2,1-2H3,(H,17,18). The summed E-state index contributed by atoms with van der Waals surface area (Å²) in [5, 5.41) is 4.58. The molecule has 1 aliphatic carbocycles. The Labute approximate surface area is 120 Å². The van der Waals surface area contributed by atoms with Crippen LogP contribution in [0.25, 0.3) is 0 Å². The average molecular weight is 274 g/mol. The number of amidine groups is 1. The molecule has 1 saturated carbocycles. The van der Waals surface area contributed by atoms with Crippen LogP contribution >= 0.6 is 11.8 Å². The number of thioether (sulfide) groups is 1. The van der Waals surface area contributed by atoms with Gasteiger partial charge in [-0.3, -0.25) is 4.99 Å². The van der Waals surface area contributed by atoms with E-state index in [9.17, 15) is 0 Å². The van der Waals surface area contributed by atoms with Gasteiger partial charge in [0.05, 0.1) is 6.04 Å². The molecule has 1 heterocycles. The van der Waals surface area contributed by atoms with E-state index >= 15 is 0 Å². The number of rotatable bonds is 2. The van der Waals surface area contributed by atoms with E-state index in [4.69, 9.17) is 4.99 Å². The van der Waals surface area contributed by atoms with Crippen molar-refractivity contribution in [3.63, 3.8) is 0 Å². The molecule has 1 aromatic carbocycles. The second-order valence-electron chi connectivity index (χ2n) is 5.91. The van der Waals surface area contributed by atoms with Gasteiger partial charge in [-0.15, -0.1) is 0 Å². The van der Waals surface area contributed by atoms with E-state index in [1.54, 1.807) is 0 Å². The van der Waals surface area contributed by atoms with Crippen molar-refractivity contribution in [1.82, 2.24) is 0 Å². The molecule has 1 N–H and O–H groups in total. The zero-order valence-electron chi connectivity index (χ0n) is 11.7. The average Bonchev–Trinajstić information content (AvgIpc) is 2.87. The van der Waals surface area contributed by atoms with Gasteiger partial charge in [-0.05, 0) is 42.4 Å². The number of nitrogens with one attached hydrogen (secondary N) is 1. The molecule has 19 heavy (non-hydrogen) atoms. The number of hydrogen-bond acceptors (Lipinski definition) is 3. The molecule has 0 amide bonds. The molecule has 2 aliphatic rings. The van der Waals surface area contributed by atoms with Gasteiger partial charge in [0.25, 0.3) is 0 Å². The Morgan fingerprint density at radius 2 is 2.00 bits per heavy atom. The summed E-state index contributed by atoms with van der Waals surface area (Å²) < 4.78 is 0. The maximum Gasteiger partial charge on any atom is 0.161 e. The Morgan fingerprint density at radius 3 is 2.74 bits per heavy atom. The molecule has 2 atom stereocenters. The first-order valence-corrected chi connectivity index (χ1v) is 8.28. The van der Waals surface area contributed by atoms with Crippen LogP contribution in [0.1, 0.15) is 44.6 Å². The number of benzene rings is 1. The summed E-state index contributed by atoms with van der Waals surface area (Å²) >= 11 is 1.88. The summed E-state index contributed by atoms with van der Waals surface area (Å²) in [5.41, 5.74) is 2.55. The van der Waals surface area contributed by atoms with Crippen LogP contribution in [0.15, 0.2) is 29.3 Å². The minimum atomic E-state index is 0.582. The van der Waals surface area contributed by atoms with E-state index in [-0.39, 0.29) is 0 Å². The highest BCUT2D eigenvalue weighted by molar-refractivity contribution is 8.14. The zero-order valence-corrected chi connectivity index (χ0v) is 12.5. The SMILES string of the molecule is CC(C)c1ccc(NC2=NC3CCCC3CS2)cc1. The highest BCUT2D eigenvalue weighted by Gasteiger charge is 2.30. The van der Waals surface area contributed by atoms with Crippen LogP contribution in [-0.2, 0) is 0 Å². The minimum Gasteiger partial charge on any atom is -0.335 e. The van der Waals surface area contributed by atoms with Gasteiger partial charge in [-0.25, -0.2) is 0 Å². The summed E-state index contributed by atoms with van der Waals surface area (Å²) in [6, 6.07) is 9.33. The highest BCUT2D eigenvalue weighted by Crippen LogP contribution is 2.35. The summed E-state index contributed by atoms with van der Waals surface area (Å²) in [4.78, 5) is 4.87. The van der Waals surface area contributed by atoms with Gasteiger partial charge in [0.15, 0.2) is 5.17 Å². The molecule has 1 aliphatic heterocycles. The minimum absolute atomic E-state index is 0.582. The fraction of sp³-hybridized carbons (Fsp3) is 0.562. The predicted molar refractivity (Wildman–Crippen MR) is 85.2 cm³/mol. The van der Waals surface area contributed by atoms with E-state index in [0.717, 1.165) is 16.8 Å². The highest BCUT2D eigenvalue weighted by atomic mass is 32.2. The first kappa shape index (κ1) is 13.0. The number of fused-ring (bicyclic) bond motifs is 1. The molecule has 0 aromatic heterocycles. The van der Waals surface area contributed by atoms with Crippen LogP contribution < -0.4 is 5.32 Å². The van der Waals surface area contributed by atoms with Crippen molar-refractivity contribution in [3.8, 4) is 0 Å². The van der Waals surface area contributed by atoms with Crippen molar-refractivity contribution in [3.05, 3.63) is 29.8 Å². The van der Waals surface area contributed by atoms with Crippen LogP contribution in [0.3, 0.4) is 0 Å². The zero-order chi connectivity index (χ0) is 13.2. The molecule has 3 heteroatoms. The lowest BCUT2D eigenvalue weighted by molar-refractivity contribution is 0.535. The molecule has 0 saturated heterocycles. The second kappa shape index (κ2) is 5.58. The number of aliphatic imine (C=N–C) groups is 1. The smallest absolute Gasteiger partial charge is 0.161 e. The van der Waals surface area contributed by atoms with Crippen molar-refractivity contribution in [2.45, 2.75) is 45.1 Å². The number of hydrogen-bond donors (Lipinski definition) is 1. The molecule has 1 aromatic rings. The van der Waals surface area contributed by atoms with Crippen LogP contribution in [0.5, 0.6) is 0 Å². The third kappa shape index (κ3) is 2.97. The molecule has 0 bridgehead atoms. The van der Waals surface area contributed by atoms with Gasteiger partial charge in [0.2, 0.25) is 0 Å². The Morgan fingerprint density at radius 1 is 1.21 bits per heavy atom. The van der Waals surface area contributed by atoms with Crippen molar-refractivity contribution in [2.24, 2.45) is 10.9 Å². The van der Waals surface area contributed by atoms with Crippen LogP contribution in [0, 0.1) is 5.92 Å². The van der Waals surface area contributed by atoms with Crippen LogP contribution in [0.2, 0.25) is 0 Å². The van der Waals surface area contributed by atoms with Gasteiger partial charge < -0.3 is 5.32 Å². The monoisotopic (exact) mass is 274 g/mol. The van der Waals surface area contributed by atoms with E-state index in [0.29, 0.717) is 12.0 Å². The number of anilines is 1. The van der Waals surface area contributed by atoms with Crippen LogP contribution in [0.4, 0.5) is 5.69 Å². The molecule has 2 nitrogen and oxygen atoms in total. The molecule has 102 valence electrons. The largest absolute Gasteiger partial charge is 0.335 e. The lowest BCUT2D eigenvalue weighted by Gasteiger charge is -2.23. The van der Waals surface area contributed by atoms with Crippen molar-refractivity contribution in [2.75, 3.05) is 11.1 Å². The number of nitrogens with zero attached hydrogens (tertiary/aromatic N) is 1. The van der Waals surface area contributed by atoms with E-state index < -0.39 is 0 Å². The normalized spacial score (nSPS) is 26.2. The molecule has 3 rings (SSSR count). The van der Waals surface area contributed by atoms with Gasteiger partial charge in [-0.2, -0.15) is 0 Å². The Balaban J connectivity index is 1.68. The van der Waals surface area contributed by atoms with Gasteiger partial charge in [0, 0.05) is 11.4 Å². The van der Waals surface area contributed by atoms with Gasteiger partial charge in [-0.1, -0.05) is 44.2 Å². The lowest BCUT2D eigenvalue weighted by Crippen LogP contribution is -2.25. The summed E-state index contributed by atoms with van der Waals surface area (Å²) in [5.74, 6) is 2.66. The molecular formula is C16H22N2S. The Bertz CT molecular complexity index is 464. The summed E-state index contributed by atoms with van der Waals surface area (Å²) in [7, 11) is 0. The second-order valence-corrected chi connectivity index (χ2v) is 6.91. The molecular weight excluding hydrogens is 252 g/mol. The van der Waals surface area contributed by atoms with Gasteiger partial charge >= 0.3 is 0 Å². The van der Waals surface area contributed by atoms with Crippen molar-refractivity contribution >= 4 is 22.6 Å². The molecule has 1 fully saturated rings. The Kier molecular flexibility index (Phi) is 3.83. The van der Waals surface area contributed by atoms with E-state index in [1.807, 2.05) is 11.8 Å². The predicted octanol–water partition coefficient (Wildman–Crippen LogP) is 4.49. The quantitative estimate of drug-likeness (QED) is 0.859. The first-order valence-electron chi connectivity index (χ1n) is 7.30. The van der Waals surface area contributed by atoms with E-state index in [2.05, 4.69) is 43.4 Å². The first-order chi connectivity index (χ1) is 9.22. The lowest BCUT2D eigenvalue weighted by atomic mass is 10.0. The van der Waals surface area contributed by atoms with Crippen LogP contribution in [-0.4, -0.2) is 17.0 Å². The van der Waals surface area contributed by atoms with E-state index in [1.165, 1.54) is 30.6 Å². The summed E-state index contributed by atoms with van der Waals surface area (Å²) in [6.45, 7) is 4.45. The Hall–Kier alpha value is -0.960.